The number of ether oxygens (including phenoxy) is 1. The Bertz CT molecular complexity index is 1240. The summed E-state index contributed by atoms with van der Waals surface area (Å²) in [6, 6.07) is 11.0. The van der Waals surface area contributed by atoms with Crippen LogP contribution in [-0.2, 0) is 10.0 Å². The third-order valence-corrected chi connectivity index (χ3v) is 6.42. The molecule has 1 aliphatic heterocycles. The molecule has 1 aliphatic rings. The first-order chi connectivity index (χ1) is 13.7. The Labute approximate surface area is 165 Å². The van der Waals surface area contributed by atoms with Crippen molar-refractivity contribution >= 4 is 27.5 Å². The van der Waals surface area contributed by atoms with Gasteiger partial charge >= 0.3 is 0 Å². The molecule has 0 aromatic heterocycles. The molecule has 3 aromatic rings. The molecule has 0 unspecified atom stereocenters. The average Bonchev–Trinajstić information content (AvgIpc) is 2.68. The molecule has 1 heterocycles. The van der Waals surface area contributed by atoms with Crippen molar-refractivity contribution in [3.05, 3.63) is 71.6 Å². The molecule has 4 rings (SSSR count). The van der Waals surface area contributed by atoms with E-state index < -0.39 is 44.0 Å². The van der Waals surface area contributed by atoms with Gasteiger partial charge in [0.15, 0.2) is 28.2 Å². The molecule has 4 nitrogen and oxygen atoms in total. The van der Waals surface area contributed by atoms with Gasteiger partial charge in [-0.25, -0.2) is 30.4 Å². The summed E-state index contributed by atoms with van der Waals surface area (Å²) in [5.74, 6) is -11.0. The van der Waals surface area contributed by atoms with Gasteiger partial charge in [-0.05, 0) is 30.3 Å². The normalized spacial score (nSPS) is 12.7. The van der Waals surface area contributed by atoms with E-state index in [1.165, 1.54) is 30.0 Å². The van der Waals surface area contributed by atoms with E-state index >= 15 is 0 Å². The lowest BCUT2D eigenvalue weighted by atomic mass is 10.3. The second kappa shape index (κ2) is 6.92. The molecular weight excluding hydrogens is 437 g/mol. The molecule has 0 aliphatic carbocycles. The van der Waals surface area contributed by atoms with Crippen LogP contribution in [0.25, 0.3) is 0 Å². The highest BCUT2D eigenvalue weighted by molar-refractivity contribution is 7.99. The first-order valence-corrected chi connectivity index (χ1v) is 10.1. The van der Waals surface area contributed by atoms with Crippen molar-refractivity contribution in [1.82, 2.24) is 0 Å². The lowest BCUT2D eigenvalue weighted by Gasteiger charge is -2.20. The number of hydrogen-bond donors (Lipinski definition) is 1. The fraction of sp³-hybridized carbons (Fsp3) is 0. The molecule has 3 aromatic carbocycles. The predicted molar refractivity (Wildman–Crippen MR) is 94.1 cm³/mol. The molecule has 0 radical (unpaired) electrons. The van der Waals surface area contributed by atoms with Crippen LogP contribution in [0.4, 0.5) is 27.6 Å². The van der Waals surface area contributed by atoms with Gasteiger partial charge in [-0.1, -0.05) is 23.9 Å². The zero-order valence-electron chi connectivity index (χ0n) is 14.0. The quantitative estimate of drug-likeness (QED) is 0.259. The number of hydrogen-bond acceptors (Lipinski definition) is 4. The number of sulfonamides is 1. The van der Waals surface area contributed by atoms with E-state index in [4.69, 9.17) is 4.74 Å². The second-order valence-electron chi connectivity index (χ2n) is 5.82. The summed E-state index contributed by atoms with van der Waals surface area (Å²) in [6.07, 6.45) is 0. The van der Waals surface area contributed by atoms with Gasteiger partial charge in [0.05, 0.1) is 15.5 Å². The van der Waals surface area contributed by atoms with Crippen LogP contribution < -0.4 is 9.46 Å². The maximum Gasteiger partial charge on any atom is 0.267 e. The molecule has 0 saturated heterocycles. The summed E-state index contributed by atoms with van der Waals surface area (Å²) in [7, 11) is -5.12. The summed E-state index contributed by atoms with van der Waals surface area (Å²) < 4.78 is 99.8. The van der Waals surface area contributed by atoms with Crippen LogP contribution in [0.2, 0.25) is 0 Å². The van der Waals surface area contributed by atoms with Gasteiger partial charge in [-0.15, -0.1) is 0 Å². The average molecular weight is 445 g/mol. The molecule has 0 saturated carbocycles. The van der Waals surface area contributed by atoms with Crippen LogP contribution in [0, 0.1) is 29.1 Å². The fourth-order valence-electron chi connectivity index (χ4n) is 2.62. The molecule has 0 amide bonds. The van der Waals surface area contributed by atoms with Crippen molar-refractivity contribution in [3.63, 3.8) is 0 Å². The summed E-state index contributed by atoms with van der Waals surface area (Å²) in [5, 5.41) is 0. The number of anilines is 1. The fourth-order valence-corrected chi connectivity index (χ4v) is 4.80. The SMILES string of the molecule is O=S(=O)(Nc1ccc2c(c1)Sc1ccccc1O2)c1c(F)c(F)c(F)c(F)c1F. The van der Waals surface area contributed by atoms with E-state index in [2.05, 4.69) is 0 Å². The van der Waals surface area contributed by atoms with E-state index in [0.717, 1.165) is 4.90 Å². The monoisotopic (exact) mass is 445 g/mol. The van der Waals surface area contributed by atoms with Gasteiger partial charge in [0.25, 0.3) is 10.0 Å². The molecule has 0 bridgehead atoms. The van der Waals surface area contributed by atoms with Gasteiger partial charge < -0.3 is 4.74 Å². The standard InChI is InChI=1S/C18H8F5NO3S2/c19-13-14(20)16(22)18(17(23)15(13)21)29(25,26)24-8-5-6-10-12(7-8)28-11-4-2-1-3-9(11)27-10/h1-7,24H. The number of benzene rings is 3. The van der Waals surface area contributed by atoms with Gasteiger partial charge in [0.1, 0.15) is 11.5 Å². The Morgan fingerprint density at radius 3 is 2.03 bits per heavy atom. The lowest BCUT2D eigenvalue weighted by molar-refractivity contribution is 0.358. The van der Waals surface area contributed by atoms with Gasteiger partial charge in [-0.2, -0.15) is 0 Å². The van der Waals surface area contributed by atoms with Crippen LogP contribution in [0.1, 0.15) is 0 Å². The number of rotatable bonds is 3. The Hall–Kier alpha value is -2.79. The van der Waals surface area contributed by atoms with Crippen molar-refractivity contribution in [3.8, 4) is 11.5 Å². The maximum absolute atomic E-state index is 13.9. The number of nitrogens with one attached hydrogen (secondary N) is 1. The molecule has 1 N–H and O–H groups in total. The predicted octanol–water partition coefficient (Wildman–Crippen LogP) is 5.44. The van der Waals surface area contributed by atoms with Crippen molar-refractivity contribution < 1.29 is 35.1 Å². The Morgan fingerprint density at radius 2 is 1.34 bits per heavy atom. The molecule has 0 spiro atoms. The van der Waals surface area contributed by atoms with Crippen LogP contribution in [-0.4, -0.2) is 8.42 Å². The third-order valence-electron chi connectivity index (χ3n) is 3.92. The first-order valence-electron chi connectivity index (χ1n) is 7.82. The van der Waals surface area contributed by atoms with E-state index in [9.17, 15) is 30.4 Å². The third kappa shape index (κ3) is 3.29. The van der Waals surface area contributed by atoms with Crippen molar-refractivity contribution in [2.24, 2.45) is 0 Å². The first kappa shape index (κ1) is 19.5. The van der Waals surface area contributed by atoms with Gasteiger partial charge in [-0.3, -0.25) is 4.72 Å². The Kier molecular flexibility index (Phi) is 4.66. The summed E-state index contributed by atoms with van der Waals surface area (Å²) in [5.41, 5.74) is -0.150. The minimum absolute atomic E-state index is 0.150. The lowest BCUT2D eigenvalue weighted by Crippen LogP contribution is -2.19. The Morgan fingerprint density at radius 1 is 0.759 bits per heavy atom. The minimum atomic E-state index is -5.12. The van der Waals surface area contributed by atoms with Gasteiger partial charge in [0.2, 0.25) is 5.82 Å². The highest BCUT2D eigenvalue weighted by atomic mass is 32.2. The summed E-state index contributed by atoms with van der Waals surface area (Å²) in [6.45, 7) is 0. The smallest absolute Gasteiger partial charge is 0.267 e. The highest BCUT2D eigenvalue weighted by Gasteiger charge is 2.33. The summed E-state index contributed by atoms with van der Waals surface area (Å²) >= 11 is 1.25. The van der Waals surface area contributed by atoms with Crippen molar-refractivity contribution in [1.29, 1.82) is 0 Å². The molecule has 150 valence electrons. The number of para-hydroxylation sites is 1. The molecular formula is C18H8F5NO3S2. The zero-order chi connectivity index (χ0) is 20.9. The minimum Gasteiger partial charge on any atom is -0.455 e. The zero-order valence-corrected chi connectivity index (χ0v) is 15.6. The van der Waals surface area contributed by atoms with Crippen molar-refractivity contribution in [2.75, 3.05) is 4.72 Å². The highest BCUT2D eigenvalue weighted by Crippen LogP contribution is 2.47. The van der Waals surface area contributed by atoms with Crippen LogP contribution in [0.3, 0.4) is 0 Å². The van der Waals surface area contributed by atoms with Crippen LogP contribution in [0.15, 0.2) is 57.2 Å². The van der Waals surface area contributed by atoms with E-state index in [0.29, 0.717) is 16.4 Å². The van der Waals surface area contributed by atoms with E-state index in [1.54, 1.807) is 24.3 Å². The van der Waals surface area contributed by atoms with Crippen molar-refractivity contribution in [2.45, 2.75) is 14.7 Å². The molecule has 0 atom stereocenters. The summed E-state index contributed by atoms with van der Waals surface area (Å²) in [4.78, 5) is -0.720. The maximum atomic E-state index is 13.9. The number of halogens is 5. The van der Waals surface area contributed by atoms with Crippen LogP contribution in [0.5, 0.6) is 11.5 Å². The van der Waals surface area contributed by atoms with E-state index in [-0.39, 0.29) is 5.69 Å². The largest absolute Gasteiger partial charge is 0.455 e. The molecule has 29 heavy (non-hydrogen) atoms. The molecule has 11 heteroatoms. The van der Waals surface area contributed by atoms with E-state index in [1.807, 2.05) is 4.72 Å². The topological polar surface area (TPSA) is 55.4 Å². The Balaban J connectivity index is 1.71. The molecule has 0 fully saturated rings. The van der Waals surface area contributed by atoms with Gasteiger partial charge in [0, 0.05) is 0 Å². The second-order valence-corrected chi connectivity index (χ2v) is 8.52. The van der Waals surface area contributed by atoms with Crippen LogP contribution >= 0.6 is 11.8 Å². The number of fused-ring (bicyclic) bond motifs is 2.